The molecule has 0 amide bonds. The first-order valence-electron chi connectivity index (χ1n) is 3.48. The standard InChI is InChI=1S/C7H7ClO3S2/c8-6-2-3-7(12-6)13(10,11)5-1-4-9/h2-4H,1,5H2. The van der Waals surface area contributed by atoms with Crippen molar-refractivity contribution < 1.29 is 13.2 Å². The van der Waals surface area contributed by atoms with Crippen molar-refractivity contribution in [2.45, 2.75) is 10.6 Å². The largest absolute Gasteiger partial charge is 0.303 e. The van der Waals surface area contributed by atoms with Crippen molar-refractivity contribution in [1.29, 1.82) is 0 Å². The maximum Gasteiger partial charge on any atom is 0.188 e. The van der Waals surface area contributed by atoms with Crippen LogP contribution < -0.4 is 0 Å². The van der Waals surface area contributed by atoms with Crippen molar-refractivity contribution in [2.24, 2.45) is 0 Å². The maximum absolute atomic E-state index is 11.4. The SMILES string of the molecule is O=CCCS(=O)(=O)c1ccc(Cl)s1. The highest BCUT2D eigenvalue weighted by Crippen LogP contribution is 2.26. The van der Waals surface area contributed by atoms with Crippen LogP contribution in [0.5, 0.6) is 0 Å². The Hall–Kier alpha value is -0.390. The van der Waals surface area contributed by atoms with E-state index in [9.17, 15) is 13.2 Å². The highest BCUT2D eigenvalue weighted by Gasteiger charge is 2.15. The van der Waals surface area contributed by atoms with Crippen molar-refractivity contribution in [3.05, 3.63) is 16.5 Å². The molecule has 0 aliphatic rings. The lowest BCUT2D eigenvalue weighted by Gasteiger charge is -1.95. The van der Waals surface area contributed by atoms with E-state index in [-0.39, 0.29) is 16.4 Å². The van der Waals surface area contributed by atoms with Crippen molar-refractivity contribution >= 4 is 39.1 Å². The van der Waals surface area contributed by atoms with Gasteiger partial charge in [0, 0.05) is 6.42 Å². The number of thiophene rings is 1. The molecule has 0 saturated carbocycles. The molecule has 6 heteroatoms. The summed E-state index contributed by atoms with van der Waals surface area (Å²) in [4.78, 5) is 10.0. The number of hydrogen-bond donors (Lipinski definition) is 0. The van der Waals surface area contributed by atoms with Crippen molar-refractivity contribution in [3.8, 4) is 0 Å². The minimum absolute atomic E-state index is 0.0256. The van der Waals surface area contributed by atoms with Gasteiger partial charge >= 0.3 is 0 Å². The van der Waals surface area contributed by atoms with Gasteiger partial charge in [0.2, 0.25) is 0 Å². The topological polar surface area (TPSA) is 51.2 Å². The Morgan fingerprint density at radius 3 is 2.62 bits per heavy atom. The molecule has 72 valence electrons. The molecule has 0 unspecified atom stereocenters. The average Bonchev–Trinajstić information content (AvgIpc) is 2.49. The van der Waals surface area contributed by atoms with Gasteiger partial charge in [-0.25, -0.2) is 8.42 Å². The van der Waals surface area contributed by atoms with Crippen molar-refractivity contribution in [2.75, 3.05) is 5.75 Å². The Morgan fingerprint density at radius 1 is 1.46 bits per heavy atom. The lowest BCUT2D eigenvalue weighted by molar-refractivity contribution is -0.107. The summed E-state index contributed by atoms with van der Waals surface area (Å²) in [7, 11) is -3.30. The van der Waals surface area contributed by atoms with Gasteiger partial charge < -0.3 is 4.79 Å². The molecule has 0 radical (unpaired) electrons. The number of carbonyl (C=O) groups excluding carboxylic acids is 1. The van der Waals surface area contributed by atoms with Crippen LogP contribution in [0.1, 0.15) is 6.42 Å². The van der Waals surface area contributed by atoms with E-state index in [0.717, 1.165) is 11.3 Å². The van der Waals surface area contributed by atoms with Crippen LogP contribution >= 0.6 is 22.9 Å². The minimum atomic E-state index is -3.30. The number of hydrogen-bond acceptors (Lipinski definition) is 4. The normalized spacial score (nSPS) is 11.5. The van der Waals surface area contributed by atoms with Crippen LogP contribution in [0.25, 0.3) is 0 Å². The number of halogens is 1. The molecule has 3 nitrogen and oxygen atoms in total. The summed E-state index contributed by atoms with van der Waals surface area (Å²) in [5.41, 5.74) is 0. The van der Waals surface area contributed by atoms with Gasteiger partial charge in [-0.2, -0.15) is 0 Å². The molecule has 0 atom stereocenters. The zero-order valence-electron chi connectivity index (χ0n) is 6.57. The molecule has 1 rings (SSSR count). The van der Waals surface area contributed by atoms with Crippen LogP contribution in [0.2, 0.25) is 4.34 Å². The molecule has 0 fully saturated rings. The molecule has 0 aromatic carbocycles. The van der Waals surface area contributed by atoms with E-state index in [1.807, 2.05) is 0 Å². The average molecular weight is 239 g/mol. The third-order valence-electron chi connectivity index (χ3n) is 1.36. The summed E-state index contributed by atoms with van der Waals surface area (Å²) >= 11 is 6.59. The summed E-state index contributed by atoms with van der Waals surface area (Å²) in [5.74, 6) is -0.145. The first kappa shape index (κ1) is 10.7. The number of carbonyl (C=O) groups is 1. The van der Waals surface area contributed by atoms with Crippen LogP contribution in [-0.2, 0) is 14.6 Å². The number of aldehydes is 1. The van der Waals surface area contributed by atoms with E-state index in [1.165, 1.54) is 12.1 Å². The van der Waals surface area contributed by atoms with E-state index in [4.69, 9.17) is 11.6 Å². The number of sulfone groups is 1. The molecular weight excluding hydrogens is 232 g/mol. The first-order valence-corrected chi connectivity index (χ1v) is 6.32. The highest BCUT2D eigenvalue weighted by molar-refractivity contribution is 7.93. The highest BCUT2D eigenvalue weighted by atomic mass is 35.5. The van der Waals surface area contributed by atoms with Crippen LogP contribution in [0.3, 0.4) is 0 Å². The van der Waals surface area contributed by atoms with Gasteiger partial charge in [0.15, 0.2) is 9.84 Å². The van der Waals surface area contributed by atoms with Crippen LogP contribution in [0, 0.1) is 0 Å². The molecule has 0 bridgehead atoms. The second-order valence-electron chi connectivity index (χ2n) is 2.33. The van der Waals surface area contributed by atoms with Gasteiger partial charge in [-0.05, 0) is 12.1 Å². The summed E-state index contributed by atoms with van der Waals surface area (Å²) in [5, 5.41) is 0. The predicted octanol–water partition coefficient (Wildman–Crippen LogP) is 1.76. The third kappa shape index (κ3) is 2.79. The van der Waals surface area contributed by atoms with E-state index >= 15 is 0 Å². The summed E-state index contributed by atoms with van der Waals surface area (Å²) in [6, 6.07) is 2.98. The zero-order chi connectivity index (χ0) is 9.90. The monoisotopic (exact) mass is 238 g/mol. The lowest BCUT2D eigenvalue weighted by Crippen LogP contribution is -2.04. The van der Waals surface area contributed by atoms with E-state index in [1.54, 1.807) is 0 Å². The van der Waals surface area contributed by atoms with Gasteiger partial charge in [-0.1, -0.05) is 11.6 Å². The van der Waals surface area contributed by atoms with Crippen LogP contribution in [0.15, 0.2) is 16.3 Å². The Balaban J connectivity index is 2.87. The van der Waals surface area contributed by atoms with Crippen LogP contribution in [0.4, 0.5) is 0 Å². The Morgan fingerprint density at radius 2 is 2.15 bits per heavy atom. The molecule has 0 spiro atoms. The first-order chi connectivity index (χ1) is 6.06. The second kappa shape index (κ2) is 4.21. The fourth-order valence-corrected chi connectivity index (χ4v) is 3.59. The second-order valence-corrected chi connectivity index (χ2v) is 6.38. The third-order valence-corrected chi connectivity index (χ3v) is 4.92. The Kier molecular flexibility index (Phi) is 3.47. The van der Waals surface area contributed by atoms with Gasteiger partial charge in [0.1, 0.15) is 10.5 Å². The quantitative estimate of drug-likeness (QED) is 0.752. The van der Waals surface area contributed by atoms with Crippen LogP contribution in [-0.4, -0.2) is 20.5 Å². The molecule has 0 saturated heterocycles. The minimum Gasteiger partial charge on any atom is -0.303 e. The van der Waals surface area contributed by atoms with Crippen molar-refractivity contribution in [3.63, 3.8) is 0 Å². The van der Waals surface area contributed by atoms with Gasteiger partial charge in [-0.15, -0.1) is 11.3 Å². The molecule has 0 aliphatic heterocycles. The summed E-state index contributed by atoms with van der Waals surface area (Å²) in [6.07, 6.45) is 0.616. The van der Waals surface area contributed by atoms with Crippen molar-refractivity contribution in [1.82, 2.24) is 0 Å². The van der Waals surface area contributed by atoms with E-state index in [2.05, 4.69) is 0 Å². The maximum atomic E-state index is 11.4. The van der Waals surface area contributed by atoms with Gasteiger partial charge in [-0.3, -0.25) is 0 Å². The molecule has 0 aliphatic carbocycles. The smallest absolute Gasteiger partial charge is 0.188 e. The fourth-order valence-electron chi connectivity index (χ4n) is 0.769. The Labute approximate surface area is 85.3 Å². The Bertz CT molecular complexity index is 394. The van der Waals surface area contributed by atoms with E-state index in [0.29, 0.717) is 10.6 Å². The summed E-state index contributed by atoms with van der Waals surface area (Å²) < 4.78 is 23.5. The fraction of sp³-hybridized carbons (Fsp3) is 0.286. The predicted molar refractivity (Wildman–Crippen MR) is 52.1 cm³/mol. The molecule has 0 N–H and O–H groups in total. The molecule has 1 aromatic heterocycles. The summed E-state index contributed by atoms with van der Waals surface area (Å²) in [6.45, 7) is 0. The molecule has 13 heavy (non-hydrogen) atoms. The molecule has 1 aromatic rings. The van der Waals surface area contributed by atoms with E-state index < -0.39 is 9.84 Å². The van der Waals surface area contributed by atoms with Gasteiger partial charge in [0.05, 0.1) is 10.1 Å². The molecular formula is C7H7ClO3S2. The lowest BCUT2D eigenvalue weighted by atomic mass is 10.6. The zero-order valence-corrected chi connectivity index (χ0v) is 8.95. The van der Waals surface area contributed by atoms with Gasteiger partial charge in [0.25, 0.3) is 0 Å². The number of rotatable bonds is 4. The molecule has 1 heterocycles.